The molecule has 124 valence electrons. The van der Waals surface area contributed by atoms with Crippen molar-refractivity contribution in [1.29, 1.82) is 0 Å². The van der Waals surface area contributed by atoms with Gasteiger partial charge in [0.15, 0.2) is 0 Å². The van der Waals surface area contributed by atoms with Crippen molar-refractivity contribution in [2.75, 3.05) is 12.0 Å². The fourth-order valence-electron chi connectivity index (χ4n) is 1.80. The molecule has 2 N–H and O–H groups in total. The van der Waals surface area contributed by atoms with Crippen LogP contribution >= 0.6 is 11.8 Å². The molecule has 0 heterocycles. The normalized spacial score (nSPS) is 14.2. The van der Waals surface area contributed by atoms with Crippen LogP contribution in [0.15, 0.2) is 0 Å². The molecule has 0 saturated heterocycles. The lowest BCUT2D eigenvalue weighted by Gasteiger charge is -2.24. The smallest absolute Gasteiger partial charge is 0.408 e. The monoisotopic (exact) mass is 318 g/mol. The summed E-state index contributed by atoms with van der Waals surface area (Å²) >= 11 is 1.64. The molecule has 0 aliphatic heterocycles. The highest BCUT2D eigenvalue weighted by Crippen LogP contribution is 2.08. The van der Waals surface area contributed by atoms with Crippen molar-refractivity contribution >= 4 is 23.8 Å². The van der Waals surface area contributed by atoms with Crippen LogP contribution in [0.1, 0.15) is 53.9 Å². The summed E-state index contributed by atoms with van der Waals surface area (Å²) in [6.07, 6.45) is 3.95. The largest absolute Gasteiger partial charge is 0.444 e. The van der Waals surface area contributed by atoms with Gasteiger partial charge in [-0.25, -0.2) is 4.79 Å². The third-order valence-electron chi connectivity index (χ3n) is 2.73. The summed E-state index contributed by atoms with van der Waals surface area (Å²) in [4.78, 5) is 24.1. The van der Waals surface area contributed by atoms with Gasteiger partial charge in [0.1, 0.15) is 11.6 Å². The van der Waals surface area contributed by atoms with Crippen molar-refractivity contribution < 1.29 is 14.3 Å². The van der Waals surface area contributed by atoms with E-state index in [1.54, 1.807) is 32.5 Å². The van der Waals surface area contributed by atoms with Gasteiger partial charge in [0.05, 0.1) is 0 Å². The molecule has 0 rings (SSSR count). The maximum Gasteiger partial charge on any atom is 0.408 e. The zero-order chi connectivity index (χ0) is 16.5. The number of carbonyl (C=O) groups excluding carboxylic acids is 2. The zero-order valence-electron chi connectivity index (χ0n) is 14.1. The van der Waals surface area contributed by atoms with Gasteiger partial charge in [-0.15, -0.1) is 0 Å². The lowest BCUT2D eigenvalue weighted by Crippen LogP contribution is -2.50. The quantitative estimate of drug-likeness (QED) is 0.722. The molecule has 0 bridgehead atoms. The first-order valence-electron chi connectivity index (χ1n) is 7.48. The van der Waals surface area contributed by atoms with Gasteiger partial charge in [-0.3, -0.25) is 4.79 Å². The Balaban J connectivity index is 4.56. The molecule has 0 aromatic rings. The van der Waals surface area contributed by atoms with Gasteiger partial charge < -0.3 is 15.4 Å². The number of ether oxygens (including phenoxy) is 1. The predicted molar refractivity (Wildman–Crippen MR) is 88.7 cm³/mol. The van der Waals surface area contributed by atoms with Crippen molar-refractivity contribution in [1.82, 2.24) is 10.6 Å². The minimum atomic E-state index is -0.569. The molecule has 0 fully saturated rings. The average Bonchev–Trinajstić information content (AvgIpc) is 2.32. The lowest BCUT2D eigenvalue weighted by atomic mass is 10.1. The van der Waals surface area contributed by atoms with Crippen molar-refractivity contribution in [2.45, 2.75) is 71.6 Å². The van der Waals surface area contributed by atoms with Crippen molar-refractivity contribution in [3.8, 4) is 0 Å². The second kappa shape index (κ2) is 9.92. The Morgan fingerprint density at radius 2 is 1.81 bits per heavy atom. The fourth-order valence-corrected chi connectivity index (χ4v) is 2.27. The highest BCUT2D eigenvalue weighted by molar-refractivity contribution is 7.98. The summed E-state index contributed by atoms with van der Waals surface area (Å²) in [7, 11) is 0. The fraction of sp³-hybridized carbons (Fsp3) is 0.867. The Labute approximate surface area is 133 Å². The molecule has 0 aliphatic carbocycles. The minimum Gasteiger partial charge on any atom is -0.444 e. The third kappa shape index (κ3) is 10.5. The van der Waals surface area contributed by atoms with E-state index in [9.17, 15) is 9.59 Å². The van der Waals surface area contributed by atoms with Gasteiger partial charge in [0, 0.05) is 6.04 Å². The SMILES string of the molecule is CCCC(C)NC(=O)C(CCSC)NC(=O)OC(C)(C)C. The van der Waals surface area contributed by atoms with Crippen LogP contribution in [0.2, 0.25) is 0 Å². The van der Waals surface area contributed by atoms with Crippen LogP contribution in [0.25, 0.3) is 0 Å². The highest BCUT2D eigenvalue weighted by Gasteiger charge is 2.24. The number of hydrogen-bond acceptors (Lipinski definition) is 4. The van der Waals surface area contributed by atoms with Gasteiger partial charge in [-0.2, -0.15) is 11.8 Å². The molecular weight excluding hydrogens is 288 g/mol. The molecule has 0 aromatic carbocycles. The van der Waals surface area contributed by atoms with Gasteiger partial charge in [0.2, 0.25) is 5.91 Å². The van der Waals surface area contributed by atoms with E-state index in [1.807, 2.05) is 13.2 Å². The molecule has 2 unspecified atom stereocenters. The van der Waals surface area contributed by atoms with E-state index in [0.29, 0.717) is 6.42 Å². The molecule has 0 radical (unpaired) electrons. The number of rotatable bonds is 8. The van der Waals surface area contributed by atoms with Crippen molar-refractivity contribution in [2.24, 2.45) is 0 Å². The third-order valence-corrected chi connectivity index (χ3v) is 3.37. The number of alkyl carbamates (subject to hydrolysis) is 1. The Morgan fingerprint density at radius 3 is 2.29 bits per heavy atom. The second-order valence-corrected chi connectivity index (χ2v) is 7.16. The second-order valence-electron chi connectivity index (χ2n) is 6.18. The van der Waals surface area contributed by atoms with Crippen LogP contribution in [0.4, 0.5) is 4.79 Å². The van der Waals surface area contributed by atoms with E-state index >= 15 is 0 Å². The average molecular weight is 318 g/mol. The van der Waals surface area contributed by atoms with Crippen molar-refractivity contribution in [3.63, 3.8) is 0 Å². The molecule has 2 atom stereocenters. The van der Waals surface area contributed by atoms with E-state index in [4.69, 9.17) is 4.74 Å². The maximum atomic E-state index is 12.2. The maximum absolute atomic E-state index is 12.2. The highest BCUT2D eigenvalue weighted by atomic mass is 32.2. The zero-order valence-corrected chi connectivity index (χ0v) is 14.9. The molecule has 0 spiro atoms. The van der Waals surface area contributed by atoms with Crippen LogP contribution in [0.3, 0.4) is 0 Å². The standard InChI is InChI=1S/C15H30N2O3S/c1-7-8-11(2)16-13(18)12(9-10-21-6)17-14(19)20-15(3,4)5/h11-12H,7-10H2,1-6H3,(H,16,18)(H,17,19). The van der Waals surface area contributed by atoms with E-state index < -0.39 is 17.7 Å². The molecule has 6 heteroatoms. The Morgan fingerprint density at radius 1 is 1.19 bits per heavy atom. The number of amides is 2. The molecule has 0 saturated carbocycles. The van der Waals surface area contributed by atoms with Crippen LogP contribution < -0.4 is 10.6 Å². The number of carbonyl (C=O) groups is 2. The van der Waals surface area contributed by atoms with Crippen LogP contribution in [-0.4, -0.2) is 41.7 Å². The summed E-state index contributed by atoms with van der Waals surface area (Å²) < 4.78 is 5.21. The van der Waals surface area contributed by atoms with Gasteiger partial charge in [-0.05, 0) is 52.5 Å². The Hall–Kier alpha value is -0.910. The molecular formula is C15H30N2O3S. The summed E-state index contributed by atoms with van der Waals surface area (Å²) in [5.41, 5.74) is -0.569. The van der Waals surface area contributed by atoms with Crippen LogP contribution in [0.5, 0.6) is 0 Å². The summed E-state index contributed by atoms with van der Waals surface area (Å²) in [5, 5.41) is 5.61. The van der Waals surface area contributed by atoms with E-state index in [1.165, 1.54) is 0 Å². The molecule has 0 aliphatic rings. The summed E-state index contributed by atoms with van der Waals surface area (Å²) in [6.45, 7) is 9.44. The van der Waals surface area contributed by atoms with Crippen molar-refractivity contribution in [3.05, 3.63) is 0 Å². The van der Waals surface area contributed by atoms with E-state index in [-0.39, 0.29) is 11.9 Å². The first-order chi connectivity index (χ1) is 9.69. The number of hydrogen-bond donors (Lipinski definition) is 2. The number of thioether (sulfide) groups is 1. The van der Waals surface area contributed by atoms with Gasteiger partial charge in [-0.1, -0.05) is 13.3 Å². The lowest BCUT2D eigenvalue weighted by molar-refractivity contribution is -0.123. The first-order valence-corrected chi connectivity index (χ1v) is 8.87. The summed E-state index contributed by atoms with van der Waals surface area (Å²) in [5.74, 6) is 0.659. The number of nitrogens with one attached hydrogen (secondary N) is 2. The van der Waals surface area contributed by atoms with E-state index in [0.717, 1.165) is 18.6 Å². The minimum absolute atomic E-state index is 0.111. The topological polar surface area (TPSA) is 67.4 Å². The van der Waals surface area contributed by atoms with Gasteiger partial charge >= 0.3 is 6.09 Å². The molecule has 5 nitrogen and oxygen atoms in total. The molecule has 21 heavy (non-hydrogen) atoms. The Bertz CT molecular complexity index is 329. The summed E-state index contributed by atoms with van der Waals surface area (Å²) in [6, 6.07) is -0.439. The van der Waals surface area contributed by atoms with Crippen LogP contribution in [0, 0.1) is 0 Å². The Kier molecular flexibility index (Phi) is 9.49. The van der Waals surface area contributed by atoms with Gasteiger partial charge in [0.25, 0.3) is 0 Å². The first kappa shape index (κ1) is 20.1. The predicted octanol–water partition coefficient (Wildman–Crippen LogP) is 2.94. The van der Waals surface area contributed by atoms with E-state index in [2.05, 4.69) is 17.6 Å². The molecule has 0 aromatic heterocycles. The molecule has 2 amide bonds. The van der Waals surface area contributed by atoms with Crippen LogP contribution in [-0.2, 0) is 9.53 Å².